The number of hydrogen-bond donors (Lipinski definition) is 1. The van der Waals surface area contributed by atoms with Crippen LogP contribution in [-0.4, -0.2) is 20.1 Å². The zero-order valence-electron chi connectivity index (χ0n) is 13.1. The second kappa shape index (κ2) is 6.71. The largest absolute Gasteiger partial charge is 0.496 e. The smallest absolute Gasteiger partial charge is 0.225 e. The summed E-state index contributed by atoms with van der Waals surface area (Å²) in [6.07, 6.45) is -0.663. The number of carbonyl (C=O) groups excluding carboxylic acids is 1. The van der Waals surface area contributed by atoms with Crippen molar-refractivity contribution in [2.24, 2.45) is 0 Å². The van der Waals surface area contributed by atoms with Gasteiger partial charge in [-0.1, -0.05) is 36.4 Å². The predicted molar refractivity (Wildman–Crippen MR) is 85.3 cm³/mol. The number of ether oxygens (including phenoxy) is 3. The quantitative estimate of drug-likeness (QED) is 0.943. The molecular formula is C18H19NO4. The van der Waals surface area contributed by atoms with Gasteiger partial charge in [0, 0.05) is 11.1 Å². The minimum Gasteiger partial charge on any atom is -0.496 e. The molecule has 3 rings (SSSR count). The van der Waals surface area contributed by atoms with Gasteiger partial charge < -0.3 is 19.5 Å². The summed E-state index contributed by atoms with van der Waals surface area (Å²) in [4.78, 5) is 12.2. The summed E-state index contributed by atoms with van der Waals surface area (Å²) in [6.45, 7) is 0. The van der Waals surface area contributed by atoms with Crippen LogP contribution in [-0.2, 0) is 9.53 Å². The minimum absolute atomic E-state index is 0.0666. The van der Waals surface area contributed by atoms with E-state index in [9.17, 15) is 4.79 Å². The van der Waals surface area contributed by atoms with Gasteiger partial charge in [-0.3, -0.25) is 4.79 Å². The fourth-order valence-electron chi connectivity index (χ4n) is 2.77. The van der Waals surface area contributed by atoms with Crippen LogP contribution in [0.4, 0.5) is 0 Å². The maximum atomic E-state index is 12.2. The standard InChI is InChI=1S/C18H19NO4/c1-21-14-9-5-3-7-12(14)16-11-17(20)19-18(23-16)13-8-4-6-10-15(13)22-2/h3-10,16,18H,11H2,1-2H3,(H,19,20)/t16-,18+/m0/s1. The highest BCUT2D eigenvalue weighted by Crippen LogP contribution is 2.38. The number of carbonyl (C=O) groups is 1. The lowest BCUT2D eigenvalue weighted by atomic mass is 10.0. The fourth-order valence-corrected chi connectivity index (χ4v) is 2.77. The SMILES string of the molecule is COc1ccccc1[C@@H]1CC(=O)N[C@@H](c2ccccc2OC)O1. The Bertz CT molecular complexity index is 643. The number of amides is 1. The monoisotopic (exact) mass is 313 g/mol. The van der Waals surface area contributed by atoms with E-state index in [1.807, 2.05) is 48.5 Å². The Kier molecular flexibility index (Phi) is 4.48. The number of hydrogen-bond acceptors (Lipinski definition) is 4. The molecule has 1 aliphatic heterocycles. The molecule has 0 bridgehead atoms. The van der Waals surface area contributed by atoms with Gasteiger partial charge in [0.2, 0.25) is 5.91 Å². The molecule has 1 saturated heterocycles. The Morgan fingerprint density at radius 2 is 1.52 bits per heavy atom. The first-order valence-electron chi connectivity index (χ1n) is 7.43. The van der Waals surface area contributed by atoms with Crippen LogP contribution in [0.3, 0.4) is 0 Å². The molecule has 0 aromatic heterocycles. The molecule has 0 radical (unpaired) electrons. The number of nitrogens with one attached hydrogen (secondary N) is 1. The molecule has 2 aromatic carbocycles. The molecule has 0 unspecified atom stereocenters. The Balaban J connectivity index is 1.92. The van der Waals surface area contributed by atoms with Gasteiger partial charge in [0.1, 0.15) is 11.5 Å². The Hall–Kier alpha value is -2.53. The summed E-state index contributed by atoms with van der Waals surface area (Å²) in [6, 6.07) is 15.1. The number of rotatable bonds is 4. The third kappa shape index (κ3) is 3.14. The normalized spacial score (nSPS) is 20.7. The van der Waals surface area contributed by atoms with Crippen LogP contribution in [0.2, 0.25) is 0 Å². The second-order valence-electron chi connectivity index (χ2n) is 5.26. The number of methoxy groups -OCH3 is 2. The number of para-hydroxylation sites is 2. The van der Waals surface area contributed by atoms with E-state index in [0.717, 1.165) is 11.1 Å². The van der Waals surface area contributed by atoms with E-state index >= 15 is 0 Å². The van der Waals surface area contributed by atoms with Gasteiger partial charge in [-0.2, -0.15) is 0 Å². The van der Waals surface area contributed by atoms with E-state index in [1.54, 1.807) is 14.2 Å². The number of benzene rings is 2. The molecule has 120 valence electrons. The maximum Gasteiger partial charge on any atom is 0.225 e. The summed E-state index contributed by atoms with van der Waals surface area (Å²) in [7, 11) is 3.21. The Labute approximate surface area is 135 Å². The molecule has 5 nitrogen and oxygen atoms in total. The Morgan fingerprint density at radius 1 is 0.957 bits per heavy atom. The molecule has 0 saturated carbocycles. The lowest BCUT2D eigenvalue weighted by Crippen LogP contribution is -2.38. The van der Waals surface area contributed by atoms with Crippen molar-refractivity contribution in [3.63, 3.8) is 0 Å². The first-order chi connectivity index (χ1) is 11.2. The summed E-state index contributed by atoms with van der Waals surface area (Å²) < 4.78 is 16.9. The van der Waals surface area contributed by atoms with Crippen molar-refractivity contribution in [1.29, 1.82) is 0 Å². The van der Waals surface area contributed by atoms with E-state index < -0.39 is 6.23 Å². The predicted octanol–water partition coefficient (Wildman–Crippen LogP) is 2.98. The van der Waals surface area contributed by atoms with Gasteiger partial charge in [0.05, 0.1) is 26.7 Å². The van der Waals surface area contributed by atoms with Crippen molar-refractivity contribution in [3.05, 3.63) is 59.7 Å². The minimum atomic E-state index is -0.553. The topological polar surface area (TPSA) is 56.8 Å². The first kappa shape index (κ1) is 15.4. The van der Waals surface area contributed by atoms with E-state index in [4.69, 9.17) is 14.2 Å². The lowest BCUT2D eigenvalue weighted by Gasteiger charge is -2.32. The molecule has 0 aliphatic carbocycles. The van der Waals surface area contributed by atoms with Crippen LogP contribution in [0.5, 0.6) is 11.5 Å². The average Bonchev–Trinajstić information content (AvgIpc) is 2.61. The third-order valence-electron chi connectivity index (χ3n) is 3.87. The van der Waals surface area contributed by atoms with Crippen molar-refractivity contribution in [3.8, 4) is 11.5 Å². The van der Waals surface area contributed by atoms with Crippen molar-refractivity contribution >= 4 is 5.91 Å². The van der Waals surface area contributed by atoms with Crippen molar-refractivity contribution < 1.29 is 19.0 Å². The molecule has 5 heteroatoms. The molecule has 1 aliphatic rings. The molecule has 1 fully saturated rings. The summed E-state index contributed by atoms with van der Waals surface area (Å²) >= 11 is 0. The molecule has 23 heavy (non-hydrogen) atoms. The van der Waals surface area contributed by atoms with Crippen molar-refractivity contribution in [2.45, 2.75) is 18.8 Å². The second-order valence-corrected chi connectivity index (χ2v) is 5.26. The molecular weight excluding hydrogens is 294 g/mol. The first-order valence-corrected chi connectivity index (χ1v) is 7.43. The van der Waals surface area contributed by atoms with Gasteiger partial charge in [0.25, 0.3) is 0 Å². The van der Waals surface area contributed by atoms with E-state index in [0.29, 0.717) is 11.5 Å². The lowest BCUT2D eigenvalue weighted by molar-refractivity contribution is -0.143. The maximum absolute atomic E-state index is 12.2. The van der Waals surface area contributed by atoms with Crippen LogP contribution in [0, 0.1) is 0 Å². The van der Waals surface area contributed by atoms with Gasteiger partial charge in [-0.05, 0) is 12.1 Å². The highest BCUT2D eigenvalue weighted by Gasteiger charge is 2.32. The Morgan fingerprint density at radius 3 is 2.17 bits per heavy atom. The fraction of sp³-hybridized carbons (Fsp3) is 0.278. The molecule has 1 amide bonds. The van der Waals surface area contributed by atoms with Crippen LogP contribution < -0.4 is 14.8 Å². The molecule has 1 N–H and O–H groups in total. The van der Waals surface area contributed by atoms with Crippen LogP contribution in [0.1, 0.15) is 29.9 Å². The van der Waals surface area contributed by atoms with Gasteiger partial charge in [-0.15, -0.1) is 0 Å². The van der Waals surface area contributed by atoms with Crippen LogP contribution in [0.25, 0.3) is 0 Å². The van der Waals surface area contributed by atoms with Crippen LogP contribution >= 0.6 is 0 Å². The third-order valence-corrected chi connectivity index (χ3v) is 3.87. The molecule has 2 atom stereocenters. The van der Waals surface area contributed by atoms with Crippen molar-refractivity contribution in [1.82, 2.24) is 5.32 Å². The zero-order valence-corrected chi connectivity index (χ0v) is 13.1. The van der Waals surface area contributed by atoms with Crippen molar-refractivity contribution in [2.75, 3.05) is 14.2 Å². The van der Waals surface area contributed by atoms with Crippen LogP contribution in [0.15, 0.2) is 48.5 Å². The van der Waals surface area contributed by atoms with Gasteiger partial charge in [0.15, 0.2) is 6.23 Å². The summed E-state index contributed by atoms with van der Waals surface area (Å²) in [5, 5.41) is 2.86. The van der Waals surface area contributed by atoms with Gasteiger partial charge >= 0.3 is 0 Å². The average molecular weight is 313 g/mol. The molecule has 1 heterocycles. The summed E-state index contributed by atoms with van der Waals surface area (Å²) in [5.74, 6) is 1.33. The highest BCUT2D eigenvalue weighted by atomic mass is 16.5. The zero-order chi connectivity index (χ0) is 16.2. The highest BCUT2D eigenvalue weighted by molar-refractivity contribution is 5.78. The van der Waals surface area contributed by atoms with E-state index in [2.05, 4.69) is 5.32 Å². The van der Waals surface area contributed by atoms with E-state index in [-0.39, 0.29) is 18.4 Å². The molecule has 2 aromatic rings. The molecule has 0 spiro atoms. The van der Waals surface area contributed by atoms with Gasteiger partial charge in [-0.25, -0.2) is 0 Å². The van der Waals surface area contributed by atoms with E-state index in [1.165, 1.54) is 0 Å². The summed E-state index contributed by atoms with van der Waals surface area (Å²) in [5.41, 5.74) is 1.66.